The summed E-state index contributed by atoms with van der Waals surface area (Å²) in [6.07, 6.45) is 0.530. The molecule has 0 saturated carbocycles. The third-order valence-corrected chi connectivity index (χ3v) is 6.77. The highest BCUT2D eigenvalue weighted by atomic mass is 32.2. The normalized spacial score (nSPS) is 17.2. The molecule has 0 unspecified atom stereocenters. The number of anilines is 2. The van der Waals surface area contributed by atoms with Gasteiger partial charge in [-0.05, 0) is 12.1 Å². The topological polar surface area (TPSA) is 101 Å². The Bertz CT molecular complexity index is 929. The number of hydrogen-bond acceptors (Lipinski definition) is 8. The molecule has 1 atom stereocenters. The van der Waals surface area contributed by atoms with Gasteiger partial charge in [-0.2, -0.15) is 0 Å². The van der Waals surface area contributed by atoms with E-state index in [1.165, 1.54) is 15.6 Å². The van der Waals surface area contributed by atoms with Gasteiger partial charge in [-0.3, -0.25) is 14.4 Å². The summed E-state index contributed by atoms with van der Waals surface area (Å²) in [4.78, 5) is 12.6. The monoisotopic (exact) mass is 428 g/mol. The predicted octanol–water partition coefficient (Wildman–Crippen LogP) is 2.59. The molecule has 0 aliphatic carbocycles. The molecule has 1 aliphatic heterocycles. The van der Waals surface area contributed by atoms with Gasteiger partial charge in [0.15, 0.2) is 10.4 Å². The zero-order valence-corrected chi connectivity index (χ0v) is 17.5. The number of sulfonamides is 1. The molecule has 1 N–H and O–H groups in total. The number of rotatable bonds is 5. The molecule has 1 aromatic heterocycles. The van der Waals surface area contributed by atoms with Gasteiger partial charge in [0.25, 0.3) is 5.91 Å². The van der Waals surface area contributed by atoms with Crippen LogP contribution in [0.3, 0.4) is 0 Å². The summed E-state index contributed by atoms with van der Waals surface area (Å²) in [5.41, 5.74) is 0.432. The highest BCUT2D eigenvalue weighted by Crippen LogP contribution is 2.34. The molecule has 27 heavy (non-hydrogen) atoms. The lowest BCUT2D eigenvalue weighted by Gasteiger charge is -2.20. The summed E-state index contributed by atoms with van der Waals surface area (Å²) in [6.45, 7) is 4.25. The van der Waals surface area contributed by atoms with Gasteiger partial charge in [-0.1, -0.05) is 49.1 Å². The lowest BCUT2D eigenvalue weighted by atomic mass is 10.2. The van der Waals surface area contributed by atoms with Gasteiger partial charge in [0.05, 0.1) is 11.9 Å². The minimum absolute atomic E-state index is 0.151. The highest BCUT2D eigenvalue weighted by Gasteiger charge is 2.31. The number of thioether (sulfide) groups is 1. The van der Waals surface area contributed by atoms with Gasteiger partial charge in [0.2, 0.25) is 15.2 Å². The van der Waals surface area contributed by atoms with E-state index in [0.29, 0.717) is 21.8 Å². The van der Waals surface area contributed by atoms with Crippen LogP contribution in [0.2, 0.25) is 0 Å². The summed E-state index contributed by atoms with van der Waals surface area (Å²) in [7, 11) is -3.48. The molecule has 0 fully saturated rings. The molecule has 0 saturated heterocycles. The Morgan fingerprint density at radius 2 is 2.11 bits per heavy atom. The molecule has 1 aromatic carbocycles. The first-order valence-corrected chi connectivity index (χ1v) is 11.8. The van der Waals surface area contributed by atoms with Crippen molar-refractivity contribution in [3.05, 3.63) is 24.3 Å². The smallest absolute Gasteiger partial charge is 0.267 e. The number of para-hydroxylation sites is 2. The van der Waals surface area contributed by atoms with Crippen molar-refractivity contribution >= 4 is 49.8 Å². The average molecular weight is 429 g/mol. The number of ether oxygens (including phenoxy) is 1. The number of nitrogens with zero attached hydrogens (tertiary/aromatic N) is 3. The summed E-state index contributed by atoms with van der Waals surface area (Å²) in [5.74, 6) is -0.0220. The van der Waals surface area contributed by atoms with Crippen LogP contribution >= 0.6 is 23.1 Å². The van der Waals surface area contributed by atoms with Crippen LogP contribution in [-0.4, -0.2) is 48.7 Å². The lowest BCUT2D eigenvalue weighted by molar-refractivity contribution is -0.122. The Morgan fingerprint density at radius 3 is 2.81 bits per heavy atom. The third kappa shape index (κ3) is 4.90. The molecule has 8 nitrogen and oxygen atoms in total. The molecule has 1 amide bonds. The molecule has 11 heteroatoms. The van der Waals surface area contributed by atoms with Gasteiger partial charge in [0, 0.05) is 18.2 Å². The Balaban J connectivity index is 1.76. The fourth-order valence-electron chi connectivity index (χ4n) is 2.55. The fraction of sp³-hybridized carbons (Fsp3) is 0.438. The Morgan fingerprint density at radius 1 is 1.37 bits per heavy atom. The van der Waals surface area contributed by atoms with E-state index < -0.39 is 16.1 Å². The predicted molar refractivity (Wildman–Crippen MR) is 107 cm³/mol. The van der Waals surface area contributed by atoms with Crippen LogP contribution in [-0.2, 0) is 14.8 Å². The van der Waals surface area contributed by atoms with E-state index in [4.69, 9.17) is 4.74 Å². The summed E-state index contributed by atoms with van der Waals surface area (Å²) >= 11 is 2.86. The Labute approximate surface area is 166 Å². The maximum atomic E-state index is 12.6. The average Bonchev–Trinajstić information content (AvgIpc) is 2.89. The van der Waals surface area contributed by atoms with Crippen LogP contribution in [0.4, 0.5) is 10.8 Å². The molecule has 0 bridgehead atoms. The quantitative estimate of drug-likeness (QED) is 0.577. The van der Waals surface area contributed by atoms with Crippen molar-refractivity contribution < 1.29 is 17.9 Å². The molecular formula is C16H20N4O4S3. The number of carbonyl (C=O) groups is 1. The van der Waals surface area contributed by atoms with Gasteiger partial charge in [-0.25, -0.2) is 8.42 Å². The largest absolute Gasteiger partial charge is 0.478 e. The first kappa shape index (κ1) is 19.9. The molecule has 2 aromatic rings. The number of aromatic nitrogens is 2. The van der Waals surface area contributed by atoms with Crippen LogP contribution in [0.1, 0.15) is 20.3 Å². The summed E-state index contributed by atoms with van der Waals surface area (Å²) in [6, 6.07) is 6.79. The number of hydrogen-bond donors (Lipinski definition) is 1. The Kier molecular flexibility index (Phi) is 5.92. The van der Waals surface area contributed by atoms with Gasteiger partial charge < -0.3 is 4.74 Å². The zero-order valence-electron chi connectivity index (χ0n) is 15.1. The first-order chi connectivity index (χ1) is 12.7. The third-order valence-electron chi connectivity index (χ3n) is 3.66. The second kappa shape index (κ2) is 8.03. The standard InChI is InChI=1S/C16H20N4O4S3/c1-10(2)25-16-19-18-15(26-16)17-14(21)13-8-9-20(27(3,22)23)11-6-4-5-7-12(11)24-13/h4-7,10,13H,8-9H2,1-3H3,(H,17,18,21)/t13-/m1/s1. The number of benzene rings is 1. The second-order valence-corrected chi connectivity index (χ2v) is 10.9. The van der Waals surface area contributed by atoms with Gasteiger partial charge >= 0.3 is 0 Å². The number of nitrogens with one attached hydrogen (secondary N) is 1. The SMILES string of the molecule is CC(C)Sc1nnc(NC(=O)[C@H]2CCN(S(C)(=O)=O)c3ccccc3O2)s1. The summed E-state index contributed by atoms with van der Waals surface area (Å²) in [5, 5.41) is 11.5. The minimum Gasteiger partial charge on any atom is -0.478 e. The maximum Gasteiger partial charge on any atom is 0.267 e. The van der Waals surface area contributed by atoms with Crippen LogP contribution in [0, 0.1) is 0 Å². The molecule has 0 radical (unpaired) electrons. The Hall–Kier alpha value is -1.85. The van der Waals surface area contributed by atoms with E-state index in [9.17, 15) is 13.2 Å². The molecule has 3 rings (SSSR count). The molecular weight excluding hydrogens is 408 g/mol. The van der Waals surface area contributed by atoms with Crippen molar-refractivity contribution in [3.8, 4) is 5.75 Å². The van der Waals surface area contributed by atoms with E-state index in [1.807, 2.05) is 0 Å². The maximum absolute atomic E-state index is 12.6. The lowest BCUT2D eigenvalue weighted by Crippen LogP contribution is -2.35. The van der Waals surface area contributed by atoms with E-state index in [0.717, 1.165) is 10.6 Å². The van der Waals surface area contributed by atoms with Gasteiger partial charge in [-0.15, -0.1) is 10.2 Å². The molecule has 0 spiro atoms. The van der Waals surface area contributed by atoms with E-state index in [2.05, 4.69) is 29.4 Å². The first-order valence-electron chi connectivity index (χ1n) is 8.28. The van der Waals surface area contributed by atoms with Crippen LogP contribution in [0.5, 0.6) is 5.75 Å². The highest BCUT2D eigenvalue weighted by molar-refractivity contribution is 8.01. The van der Waals surface area contributed by atoms with Crippen molar-refractivity contribution in [1.29, 1.82) is 0 Å². The van der Waals surface area contributed by atoms with Crippen LogP contribution < -0.4 is 14.4 Å². The van der Waals surface area contributed by atoms with Gasteiger partial charge in [0.1, 0.15) is 5.75 Å². The van der Waals surface area contributed by atoms with Crippen LogP contribution in [0.15, 0.2) is 28.6 Å². The number of amides is 1. The molecule has 146 valence electrons. The van der Waals surface area contributed by atoms with E-state index in [1.54, 1.807) is 36.0 Å². The minimum atomic E-state index is -3.48. The number of fused-ring (bicyclic) bond motifs is 1. The van der Waals surface area contributed by atoms with Crippen molar-refractivity contribution in [1.82, 2.24) is 10.2 Å². The van der Waals surface area contributed by atoms with Crippen molar-refractivity contribution in [3.63, 3.8) is 0 Å². The number of carbonyl (C=O) groups excluding carboxylic acids is 1. The van der Waals surface area contributed by atoms with Crippen LogP contribution in [0.25, 0.3) is 0 Å². The zero-order chi connectivity index (χ0) is 19.6. The van der Waals surface area contributed by atoms with E-state index >= 15 is 0 Å². The van der Waals surface area contributed by atoms with E-state index in [-0.39, 0.29) is 18.9 Å². The van der Waals surface area contributed by atoms with Crippen molar-refractivity contribution in [2.45, 2.75) is 36.0 Å². The fourth-order valence-corrected chi connectivity index (χ4v) is 5.48. The second-order valence-electron chi connectivity index (χ2n) is 6.23. The van der Waals surface area contributed by atoms with Crippen molar-refractivity contribution in [2.75, 3.05) is 22.4 Å². The summed E-state index contributed by atoms with van der Waals surface area (Å²) < 4.78 is 32.1. The van der Waals surface area contributed by atoms with Crippen molar-refractivity contribution in [2.24, 2.45) is 0 Å². The molecule has 1 aliphatic rings. The molecule has 2 heterocycles.